The minimum absolute atomic E-state index is 0.705. The Bertz CT molecular complexity index is 393. The van der Waals surface area contributed by atoms with E-state index in [9.17, 15) is 0 Å². The lowest BCUT2D eigenvalue weighted by atomic mass is 10.2. The maximum Gasteiger partial charge on any atom is 0.537 e. The van der Waals surface area contributed by atoms with Crippen LogP contribution in [-0.2, 0) is 19.7 Å². The Kier molecular flexibility index (Phi) is 11.3. The van der Waals surface area contributed by atoms with E-state index in [1.165, 1.54) is 5.56 Å². The van der Waals surface area contributed by atoms with Crippen LogP contribution in [0, 0.1) is 0 Å². The van der Waals surface area contributed by atoms with Crippen LogP contribution in [0.3, 0.4) is 0 Å². The van der Waals surface area contributed by atoms with Gasteiger partial charge in [0.05, 0.1) is 0 Å². The van der Waals surface area contributed by atoms with Gasteiger partial charge in [-0.05, 0) is 31.2 Å². The Balaban J connectivity index is 2.99. The molecular weight excluding hydrogens is 316 g/mol. The summed E-state index contributed by atoms with van der Waals surface area (Å²) in [6.07, 6.45) is 7.50. The third kappa shape index (κ3) is 7.05. The average Bonchev–Trinajstić information content (AvgIpc) is 2.62. The van der Waals surface area contributed by atoms with E-state index in [-0.39, 0.29) is 0 Å². The molecule has 0 aliphatic heterocycles. The predicted molar refractivity (Wildman–Crippen MR) is 104 cm³/mol. The van der Waals surface area contributed by atoms with Crippen LogP contribution < -0.4 is 5.19 Å². The van der Waals surface area contributed by atoms with Crippen LogP contribution in [0.4, 0.5) is 0 Å². The van der Waals surface area contributed by atoms with Crippen molar-refractivity contribution in [2.24, 2.45) is 0 Å². The molecular formula is C20H36O3Si. The summed E-state index contributed by atoms with van der Waals surface area (Å²) in [5.41, 5.74) is 1.33. The molecule has 0 saturated carbocycles. The minimum atomic E-state index is -2.82. The highest BCUT2D eigenvalue weighted by molar-refractivity contribution is 6.75. The molecule has 0 fully saturated rings. The summed E-state index contributed by atoms with van der Waals surface area (Å²) in [5.74, 6) is 0. The number of benzene rings is 1. The molecule has 0 bridgehead atoms. The fraction of sp³-hybridized carbons (Fsp3) is 0.700. The van der Waals surface area contributed by atoms with Gasteiger partial charge in [0.15, 0.2) is 0 Å². The molecule has 24 heavy (non-hydrogen) atoms. The third-order valence-electron chi connectivity index (χ3n) is 4.09. The van der Waals surface area contributed by atoms with Crippen molar-refractivity contribution in [2.75, 3.05) is 19.8 Å². The second kappa shape index (κ2) is 12.6. The zero-order chi connectivity index (χ0) is 17.7. The van der Waals surface area contributed by atoms with Crippen LogP contribution in [-0.4, -0.2) is 28.6 Å². The standard InChI is InChI=1S/C20H36O3Si/c1-5-9-16-21-24(22-17-10-6-2,23-18-11-7-3)20-14-12-19(8-4)13-15-20/h12-15H,5-11,16-18H2,1-4H3. The number of hydrogen-bond donors (Lipinski definition) is 0. The monoisotopic (exact) mass is 352 g/mol. The third-order valence-corrected chi connectivity index (χ3v) is 6.88. The summed E-state index contributed by atoms with van der Waals surface area (Å²) in [5, 5.41) is 1.10. The molecule has 3 nitrogen and oxygen atoms in total. The van der Waals surface area contributed by atoms with Gasteiger partial charge in [0.2, 0.25) is 0 Å². The van der Waals surface area contributed by atoms with E-state index in [4.69, 9.17) is 13.3 Å². The molecule has 0 radical (unpaired) electrons. The van der Waals surface area contributed by atoms with Gasteiger partial charge in [-0.1, -0.05) is 71.2 Å². The maximum absolute atomic E-state index is 6.32. The van der Waals surface area contributed by atoms with Gasteiger partial charge < -0.3 is 13.3 Å². The van der Waals surface area contributed by atoms with Gasteiger partial charge in [-0.3, -0.25) is 0 Å². The van der Waals surface area contributed by atoms with E-state index >= 15 is 0 Å². The summed E-state index contributed by atoms with van der Waals surface area (Å²) in [6, 6.07) is 8.64. The molecule has 4 heteroatoms. The summed E-state index contributed by atoms with van der Waals surface area (Å²) < 4.78 is 19.0. The molecule has 0 atom stereocenters. The molecule has 0 spiro atoms. The van der Waals surface area contributed by atoms with E-state index in [1.54, 1.807) is 0 Å². The first kappa shape index (κ1) is 21.4. The smallest absolute Gasteiger partial charge is 0.370 e. The fourth-order valence-electron chi connectivity index (χ4n) is 2.37. The van der Waals surface area contributed by atoms with Gasteiger partial charge in [0.1, 0.15) is 0 Å². The van der Waals surface area contributed by atoms with Crippen molar-refractivity contribution < 1.29 is 13.3 Å². The number of hydrogen-bond acceptors (Lipinski definition) is 3. The van der Waals surface area contributed by atoms with Crippen molar-refractivity contribution in [3.8, 4) is 0 Å². The molecule has 0 unspecified atom stereocenters. The summed E-state index contributed by atoms with van der Waals surface area (Å²) >= 11 is 0. The van der Waals surface area contributed by atoms with Gasteiger partial charge in [0, 0.05) is 25.0 Å². The molecule has 0 aliphatic carbocycles. The van der Waals surface area contributed by atoms with Crippen molar-refractivity contribution in [3.05, 3.63) is 29.8 Å². The van der Waals surface area contributed by atoms with Crippen LogP contribution in [0.25, 0.3) is 0 Å². The molecule has 0 amide bonds. The zero-order valence-corrected chi connectivity index (χ0v) is 17.1. The lowest BCUT2D eigenvalue weighted by Gasteiger charge is -2.30. The lowest BCUT2D eigenvalue weighted by molar-refractivity contribution is 0.0700. The summed E-state index contributed by atoms with van der Waals surface area (Å²) in [6.45, 7) is 10.8. The second-order valence-electron chi connectivity index (χ2n) is 6.21. The predicted octanol–water partition coefficient (Wildman–Crippen LogP) is 4.85. The van der Waals surface area contributed by atoms with Gasteiger partial charge in [-0.2, -0.15) is 0 Å². The Hall–Kier alpha value is -0.683. The van der Waals surface area contributed by atoms with Crippen LogP contribution in [0.5, 0.6) is 0 Å². The highest BCUT2D eigenvalue weighted by Crippen LogP contribution is 2.15. The first-order valence-corrected chi connectivity index (χ1v) is 11.5. The van der Waals surface area contributed by atoms with Gasteiger partial charge in [0.25, 0.3) is 0 Å². The van der Waals surface area contributed by atoms with Crippen molar-refractivity contribution in [2.45, 2.75) is 72.6 Å². The van der Waals surface area contributed by atoms with Crippen molar-refractivity contribution >= 4 is 14.0 Å². The number of rotatable bonds is 14. The molecule has 0 aliphatic rings. The number of aryl methyl sites for hydroxylation is 1. The Morgan fingerprint density at radius 2 is 1.08 bits per heavy atom. The molecule has 1 aromatic rings. The minimum Gasteiger partial charge on any atom is -0.370 e. The van der Waals surface area contributed by atoms with Crippen LogP contribution >= 0.6 is 0 Å². The largest absolute Gasteiger partial charge is 0.537 e. The summed E-state index contributed by atoms with van der Waals surface area (Å²) in [7, 11) is -2.82. The topological polar surface area (TPSA) is 27.7 Å². The highest BCUT2D eigenvalue weighted by atomic mass is 28.4. The average molecular weight is 353 g/mol. The Morgan fingerprint density at radius 3 is 1.42 bits per heavy atom. The Morgan fingerprint density at radius 1 is 0.667 bits per heavy atom. The summed E-state index contributed by atoms with van der Waals surface area (Å²) in [4.78, 5) is 0. The molecule has 1 rings (SSSR count). The first-order chi connectivity index (χ1) is 11.7. The number of unbranched alkanes of at least 4 members (excludes halogenated alkanes) is 3. The molecule has 138 valence electrons. The van der Waals surface area contributed by atoms with Gasteiger partial charge in [-0.15, -0.1) is 0 Å². The van der Waals surface area contributed by atoms with E-state index < -0.39 is 8.80 Å². The second-order valence-corrected chi connectivity index (χ2v) is 8.77. The van der Waals surface area contributed by atoms with E-state index in [2.05, 4.69) is 52.0 Å². The molecule has 0 aromatic heterocycles. The van der Waals surface area contributed by atoms with E-state index in [1.807, 2.05) is 0 Å². The highest BCUT2D eigenvalue weighted by Gasteiger charge is 2.43. The normalized spacial score (nSPS) is 11.8. The lowest BCUT2D eigenvalue weighted by Crippen LogP contribution is -2.57. The molecule has 1 aromatic carbocycles. The van der Waals surface area contributed by atoms with E-state index in [0.29, 0.717) is 19.8 Å². The molecule has 0 heterocycles. The van der Waals surface area contributed by atoms with Gasteiger partial charge in [-0.25, -0.2) is 0 Å². The van der Waals surface area contributed by atoms with Crippen LogP contribution in [0.2, 0.25) is 0 Å². The maximum atomic E-state index is 6.32. The fourth-order valence-corrected chi connectivity index (χ4v) is 4.94. The first-order valence-electron chi connectivity index (χ1n) is 9.73. The van der Waals surface area contributed by atoms with Crippen molar-refractivity contribution in [1.82, 2.24) is 0 Å². The quantitative estimate of drug-likeness (QED) is 0.354. The van der Waals surface area contributed by atoms with Crippen LogP contribution in [0.1, 0.15) is 71.8 Å². The van der Waals surface area contributed by atoms with Crippen molar-refractivity contribution in [3.63, 3.8) is 0 Å². The van der Waals surface area contributed by atoms with Crippen LogP contribution in [0.15, 0.2) is 24.3 Å². The molecule has 0 N–H and O–H groups in total. The van der Waals surface area contributed by atoms with Gasteiger partial charge >= 0.3 is 8.80 Å². The Labute approximate surface area is 150 Å². The van der Waals surface area contributed by atoms with Crippen molar-refractivity contribution in [1.29, 1.82) is 0 Å². The zero-order valence-electron chi connectivity index (χ0n) is 16.1. The molecule has 0 saturated heterocycles. The van der Waals surface area contributed by atoms with E-state index in [0.717, 1.165) is 50.1 Å². The SMILES string of the molecule is CCCCO[Si](OCCCC)(OCCCC)c1ccc(CC)cc1.